The van der Waals surface area contributed by atoms with Crippen LogP contribution in [-0.2, 0) is 0 Å². The van der Waals surface area contributed by atoms with E-state index in [4.69, 9.17) is 0 Å². The van der Waals surface area contributed by atoms with Gasteiger partial charge in [0.15, 0.2) is 0 Å². The second-order valence-corrected chi connectivity index (χ2v) is 2.72. The number of allylic oxidation sites excluding steroid dienone is 4. The van der Waals surface area contributed by atoms with Gasteiger partial charge in [-0.3, -0.25) is 0 Å². The minimum atomic E-state index is 0. The molecule has 0 aromatic heterocycles. The molecule has 0 heteroatoms. The van der Waals surface area contributed by atoms with E-state index in [1.807, 2.05) is 79.7 Å². The highest BCUT2D eigenvalue weighted by molar-refractivity contribution is 5.72. The second kappa shape index (κ2) is 42.7. The van der Waals surface area contributed by atoms with Crippen LogP contribution >= 0.6 is 0 Å². The van der Waals surface area contributed by atoms with Gasteiger partial charge >= 0.3 is 0 Å². The minimum Gasteiger partial charge on any atom is -0.103 e. The first kappa shape index (κ1) is 37.0. The van der Waals surface area contributed by atoms with Crippen LogP contribution in [0.4, 0.5) is 0 Å². The Labute approximate surface area is 143 Å². The van der Waals surface area contributed by atoms with Crippen molar-refractivity contribution < 1.29 is 0 Å². The molecule has 0 aliphatic rings. The monoisotopic (exact) mass is 308 g/mol. The largest absolute Gasteiger partial charge is 0.103 e. The van der Waals surface area contributed by atoms with Crippen LogP contribution in [-0.4, -0.2) is 0 Å². The molecule has 0 nitrogen and oxygen atoms in total. The van der Waals surface area contributed by atoms with Gasteiger partial charge in [0.1, 0.15) is 0 Å². The van der Waals surface area contributed by atoms with E-state index in [0.717, 1.165) is 0 Å². The van der Waals surface area contributed by atoms with Crippen LogP contribution in [0.2, 0.25) is 0 Å². The van der Waals surface area contributed by atoms with Crippen molar-refractivity contribution in [2.75, 3.05) is 0 Å². The molecular weight excluding hydrogens is 264 g/mol. The summed E-state index contributed by atoms with van der Waals surface area (Å²) in [4.78, 5) is 0. The van der Waals surface area contributed by atoms with E-state index in [2.05, 4.69) is 31.4 Å². The van der Waals surface area contributed by atoms with Gasteiger partial charge in [-0.1, -0.05) is 112 Å². The van der Waals surface area contributed by atoms with Gasteiger partial charge in [-0.25, -0.2) is 0 Å². The predicted molar refractivity (Wildman–Crippen MR) is 114 cm³/mol. The standard InChI is InChI=1S/C11H12.C3H6.3C2H6.2CH4/c1-3-10(4-2)11-8-6-5-7-9-11;1-3-2;3*1-2;;/h3-9H,1H2,2H3;3H,1H2,2H3;3*1-2H3;2*1H4/b10-4+;;;;;;. The maximum absolute atomic E-state index is 3.74. The van der Waals surface area contributed by atoms with E-state index in [9.17, 15) is 0 Å². The molecule has 0 saturated heterocycles. The first-order valence-corrected chi connectivity index (χ1v) is 7.71. The molecule has 132 valence electrons. The van der Waals surface area contributed by atoms with E-state index in [0.29, 0.717) is 0 Å². The Balaban J connectivity index is -0.0000000502. The fraction of sp³-hybridized carbons (Fsp3) is 0.455. The van der Waals surface area contributed by atoms with Crippen molar-refractivity contribution in [1.82, 2.24) is 0 Å². The first-order valence-electron chi connectivity index (χ1n) is 7.71. The van der Waals surface area contributed by atoms with Crippen molar-refractivity contribution in [3.05, 3.63) is 67.3 Å². The van der Waals surface area contributed by atoms with Gasteiger partial charge < -0.3 is 0 Å². The van der Waals surface area contributed by atoms with Gasteiger partial charge in [0.25, 0.3) is 0 Å². The number of rotatable bonds is 2. The van der Waals surface area contributed by atoms with Crippen LogP contribution in [0.5, 0.6) is 0 Å². The molecule has 0 heterocycles. The van der Waals surface area contributed by atoms with Gasteiger partial charge in [0.2, 0.25) is 0 Å². The maximum Gasteiger partial charge on any atom is -0.0188 e. The van der Waals surface area contributed by atoms with Crippen molar-refractivity contribution in [2.24, 2.45) is 0 Å². The van der Waals surface area contributed by atoms with Crippen molar-refractivity contribution in [3.8, 4) is 0 Å². The third kappa shape index (κ3) is 26.9. The zero-order chi connectivity index (χ0) is 16.8. The highest BCUT2D eigenvalue weighted by Gasteiger charge is 1.91. The lowest BCUT2D eigenvalue weighted by Crippen LogP contribution is -1.76. The van der Waals surface area contributed by atoms with Gasteiger partial charge in [-0.15, -0.1) is 6.58 Å². The van der Waals surface area contributed by atoms with E-state index in [1.165, 1.54) is 11.1 Å². The van der Waals surface area contributed by atoms with Crippen LogP contribution in [0.15, 0.2) is 61.7 Å². The Bertz CT molecular complexity index is 291. The Morgan fingerprint density at radius 3 is 1.32 bits per heavy atom. The van der Waals surface area contributed by atoms with Gasteiger partial charge in [-0.2, -0.15) is 0 Å². The summed E-state index contributed by atoms with van der Waals surface area (Å²) in [5.74, 6) is 0. The lowest BCUT2D eigenvalue weighted by Gasteiger charge is -1.98. The molecule has 22 heavy (non-hydrogen) atoms. The molecule has 0 amide bonds. The molecule has 0 bridgehead atoms. The molecule has 0 N–H and O–H groups in total. The Kier molecular flexibility index (Phi) is 71.9. The molecule has 0 saturated carbocycles. The Morgan fingerprint density at radius 2 is 1.09 bits per heavy atom. The van der Waals surface area contributed by atoms with Gasteiger partial charge in [-0.05, 0) is 25.0 Å². The smallest absolute Gasteiger partial charge is 0.0188 e. The summed E-state index contributed by atoms with van der Waals surface area (Å²) in [5, 5.41) is 0. The van der Waals surface area contributed by atoms with E-state index >= 15 is 0 Å². The molecular formula is C22H44. The molecule has 1 rings (SSSR count). The molecule has 0 atom stereocenters. The summed E-state index contributed by atoms with van der Waals surface area (Å²) < 4.78 is 0. The van der Waals surface area contributed by atoms with Crippen molar-refractivity contribution in [3.63, 3.8) is 0 Å². The number of hydrogen-bond acceptors (Lipinski definition) is 0. The highest BCUT2D eigenvalue weighted by atomic mass is 14.0. The minimum absolute atomic E-state index is 0. The molecule has 0 aliphatic carbocycles. The third-order valence-corrected chi connectivity index (χ3v) is 1.64. The van der Waals surface area contributed by atoms with Crippen LogP contribution in [0.25, 0.3) is 5.57 Å². The third-order valence-electron chi connectivity index (χ3n) is 1.64. The predicted octanol–water partition coefficient (Wildman–Crippen LogP) is 8.82. The molecule has 0 unspecified atom stereocenters. The maximum atomic E-state index is 3.74. The van der Waals surface area contributed by atoms with Crippen LogP contribution in [0.1, 0.15) is 75.8 Å². The normalized spacial score (nSPS) is 7.00. The van der Waals surface area contributed by atoms with Crippen molar-refractivity contribution in [1.29, 1.82) is 0 Å². The molecule has 0 aliphatic heterocycles. The highest BCUT2D eigenvalue weighted by Crippen LogP contribution is 2.13. The van der Waals surface area contributed by atoms with E-state index < -0.39 is 0 Å². The average Bonchev–Trinajstić information content (AvgIpc) is 2.56. The summed E-state index contributed by atoms with van der Waals surface area (Å²) in [6.07, 6.45) is 5.68. The van der Waals surface area contributed by atoms with Crippen LogP contribution in [0, 0.1) is 0 Å². The fourth-order valence-corrected chi connectivity index (χ4v) is 1.03. The van der Waals surface area contributed by atoms with Crippen molar-refractivity contribution >= 4 is 5.57 Å². The summed E-state index contributed by atoms with van der Waals surface area (Å²) in [6.45, 7) is 23.0. The quantitative estimate of drug-likeness (QED) is 0.378. The average molecular weight is 309 g/mol. The summed E-state index contributed by atoms with van der Waals surface area (Å²) in [6, 6.07) is 10.2. The Morgan fingerprint density at radius 1 is 0.773 bits per heavy atom. The molecule has 1 aromatic rings. The van der Waals surface area contributed by atoms with E-state index in [1.54, 1.807) is 6.08 Å². The number of benzene rings is 1. The molecule has 0 spiro atoms. The van der Waals surface area contributed by atoms with Crippen LogP contribution in [0.3, 0.4) is 0 Å². The second-order valence-electron chi connectivity index (χ2n) is 2.72. The first-order chi connectivity index (χ1) is 9.79. The fourth-order valence-electron chi connectivity index (χ4n) is 1.03. The number of hydrogen-bond donors (Lipinski definition) is 0. The zero-order valence-corrected chi connectivity index (χ0v) is 15.0. The summed E-state index contributed by atoms with van der Waals surface area (Å²) in [5.41, 5.74) is 2.41. The lowest BCUT2D eigenvalue weighted by atomic mass is 10.1. The molecule has 1 aromatic carbocycles. The van der Waals surface area contributed by atoms with Gasteiger partial charge in [0, 0.05) is 0 Å². The lowest BCUT2D eigenvalue weighted by molar-refractivity contribution is 1.50. The van der Waals surface area contributed by atoms with Crippen molar-refractivity contribution in [2.45, 2.75) is 70.2 Å². The molecule has 0 fully saturated rings. The van der Waals surface area contributed by atoms with Gasteiger partial charge in [0.05, 0.1) is 0 Å². The SMILES string of the molecule is C.C.C=C/C(=C\C)c1ccccc1.C=CC.CC.CC.CC. The summed E-state index contributed by atoms with van der Waals surface area (Å²) >= 11 is 0. The van der Waals surface area contributed by atoms with E-state index in [-0.39, 0.29) is 14.9 Å². The van der Waals surface area contributed by atoms with Crippen LogP contribution < -0.4 is 0 Å². The molecule has 0 radical (unpaired) electrons. The zero-order valence-electron chi connectivity index (χ0n) is 15.0. The Hall–Kier alpha value is -1.56. The topological polar surface area (TPSA) is 0 Å². The summed E-state index contributed by atoms with van der Waals surface area (Å²) in [7, 11) is 0.